The first-order valence-corrected chi connectivity index (χ1v) is 10.3. The van der Waals surface area contributed by atoms with E-state index in [-0.39, 0.29) is 0 Å². The maximum absolute atomic E-state index is 6.26. The minimum atomic E-state index is 0.310. The molecule has 0 unspecified atom stereocenters. The van der Waals surface area contributed by atoms with Crippen LogP contribution in [0.5, 0.6) is 5.75 Å². The SMILES string of the molecule is COc1ccc2nc(C=Cc3ccccc3Cl)nc(NC3CCC(N)CC3)c2c1. The fourth-order valence-corrected chi connectivity index (χ4v) is 3.87. The number of nitrogens with two attached hydrogens (primary N) is 1. The van der Waals surface area contributed by atoms with Gasteiger partial charge in [-0.3, -0.25) is 0 Å². The molecule has 1 aromatic heterocycles. The number of hydrogen-bond donors (Lipinski definition) is 2. The van der Waals surface area contributed by atoms with Gasteiger partial charge in [-0.1, -0.05) is 29.8 Å². The number of nitrogens with zero attached hydrogens (tertiary/aromatic N) is 2. The minimum absolute atomic E-state index is 0.310. The Kier molecular flexibility index (Phi) is 5.97. The van der Waals surface area contributed by atoms with E-state index >= 15 is 0 Å². The van der Waals surface area contributed by atoms with E-state index in [2.05, 4.69) is 5.32 Å². The lowest BCUT2D eigenvalue weighted by atomic mass is 9.92. The number of methoxy groups -OCH3 is 1. The van der Waals surface area contributed by atoms with Crippen LogP contribution in [-0.4, -0.2) is 29.2 Å². The number of ether oxygens (including phenoxy) is 1. The predicted molar refractivity (Wildman–Crippen MR) is 120 cm³/mol. The summed E-state index contributed by atoms with van der Waals surface area (Å²) in [6, 6.07) is 14.2. The first-order valence-electron chi connectivity index (χ1n) is 9.93. The van der Waals surface area contributed by atoms with Gasteiger partial charge in [0.05, 0.1) is 12.6 Å². The lowest BCUT2D eigenvalue weighted by molar-refractivity contribution is 0.410. The van der Waals surface area contributed by atoms with E-state index < -0.39 is 0 Å². The largest absolute Gasteiger partial charge is 0.497 e. The van der Waals surface area contributed by atoms with Crippen LogP contribution in [0.3, 0.4) is 0 Å². The van der Waals surface area contributed by atoms with Crippen LogP contribution < -0.4 is 15.8 Å². The monoisotopic (exact) mass is 408 g/mol. The van der Waals surface area contributed by atoms with Gasteiger partial charge in [-0.15, -0.1) is 0 Å². The molecule has 0 aliphatic heterocycles. The second-order valence-corrected chi connectivity index (χ2v) is 7.83. The molecule has 1 aliphatic carbocycles. The summed E-state index contributed by atoms with van der Waals surface area (Å²) in [4.78, 5) is 9.50. The summed E-state index contributed by atoms with van der Waals surface area (Å²) >= 11 is 6.26. The Morgan fingerprint density at radius 1 is 1.07 bits per heavy atom. The van der Waals surface area contributed by atoms with Gasteiger partial charge in [0.25, 0.3) is 0 Å². The topological polar surface area (TPSA) is 73.1 Å². The maximum atomic E-state index is 6.26. The number of rotatable bonds is 5. The minimum Gasteiger partial charge on any atom is -0.497 e. The summed E-state index contributed by atoms with van der Waals surface area (Å²) in [5.41, 5.74) is 7.86. The van der Waals surface area contributed by atoms with Crippen molar-refractivity contribution in [1.29, 1.82) is 0 Å². The van der Waals surface area contributed by atoms with Crippen molar-refractivity contribution in [2.24, 2.45) is 5.73 Å². The number of hydrogen-bond acceptors (Lipinski definition) is 5. The smallest absolute Gasteiger partial charge is 0.154 e. The number of nitrogens with one attached hydrogen (secondary N) is 1. The van der Waals surface area contributed by atoms with Crippen molar-refractivity contribution in [3.63, 3.8) is 0 Å². The highest BCUT2D eigenvalue weighted by atomic mass is 35.5. The van der Waals surface area contributed by atoms with Crippen molar-refractivity contribution in [1.82, 2.24) is 9.97 Å². The van der Waals surface area contributed by atoms with E-state index in [9.17, 15) is 0 Å². The van der Waals surface area contributed by atoms with E-state index in [0.717, 1.165) is 53.7 Å². The van der Waals surface area contributed by atoms with Crippen LogP contribution in [0.2, 0.25) is 5.02 Å². The molecular formula is C23H25ClN4O. The Balaban J connectivity index is 1.69. The summed E-state index contributed by atoms with van der Waals surface area (Å²) in [5.74, 6) is 2.25. The average Bonchev–Trinajstić information content (AvgIpc) is 2.74. The van der Waals surface area contributed by atoms with Crippen molar-refractivity contribution in [3.8, 4) is 5.75 Å². The van der Waals surface area contributed by atoms with Crippen LogP contribution in [0, 0.1) is 0 Å². The zero-order chi connectivity index (χ0) is 20.2. The molecule has 3 aromatic rings. The normalized spacial score (nSPS) is 19.6. The van der Waals surface area contributed by atoms with Crippen molar-refractivity contribution in [2.45, 2.75) is 37.8 Å². The summed E-state index contributed by atoms with van der Waals surface area (Å²) in [5, 5.41) is 5.28. The predicted octanol–water partition coefficient (Wildman–Crippen LogP) is 5.14. The lowest BCUT2D eigenvalue weighted by Gasteiger charge is -2.27. The van der Waals surface area contributed by atoms with Gasteiger partial charge in [0.1, 0.15) is 11.6 Å². The molecule has 5 nitrogen and oxygen atoms in total. The Morgan fingerprint density at radius 3 is 2.62 bits per heavy atom. The number of benzene rings is 2. The first-order chi connectivity index (χ1) is 14.1. The molecule has 1 heterocycles. The van der Waals surface area contributed by atoms with Crippen molar-refractivity contribution in [2.75, 3.05) is 12.4 Å². The quantitative estimate of drug-likeness (QED) is 0.611. The summed E-state index contributed by atoms with van der Waals surface area (Å²) < 4.78 is 5.40. The van der Waals surface area contributed by atoms with E-state index in [1.807, 2.05) is 54.6 Å². The highest BCUT2D eigenvalue weighted by Gasteiger charge is 2.20. The van der Waals surface area contributed by atoms with Crippen molar-refractivity contribution < 1.29 is 4.74 Å². The van der Waals surface area contributed by atoms with Crippen LogP contribution in [0.1, 0.15) is 37.1 Å². The molecule has 1 saturated carbocycles. The third-order valence-corrected chi connectivity index (χ3v) is 5.69. The molecule has 2 aromatic carbocycles. The summed E-state index contributed by atoms with van der Waals surface area (Å²) in [6.45, 7) is 0. The molecule has 1 aliphatic rings. The number of anilines is 1. The summed E-state index contributed by atoms with van der Waals surface area (Å²) in [7, 11) is 1.67. The van der Waals surface area contributed by atoms with E-state index in [1.165, 1.54) is 0 Å². The fraction of sp³-hybridized carbons (Fsp3) is 0.304. The lowest BCUT2D eigenvalue weighted by Crippen LogP contribution is -2.33. The van der Waals surface area contributed by atoms with Gasteiger partial charge in [-0.05, 0) is 67.7 Å². The molecule has 0 radical (unpaired) electrons. The summed E-state index contributed by atoms with van der Waals surface area (Å²) in [6.07, 6.45) is 7.98. The van der Waals surface area contributed by atoms with Crippen LogP contribution >= 0.6 is 11.6 Å². The first kappa shape index (κ1) is 19.7. The molecule has 6 heteroatoms. The van der Waals surface area contributed by atoms with Gasteiger partial charge in [0, 0.05) is 22.5 Å². The number of fused-ring (bicyclic) bond motifs is 1. The highest BCUT2D eigenvalue weighted by molar-refractivity contribution is 6.32. The zero-order valence-corrected chi connectivity index (χ0v) is 17.2. The third-order valence-electron chi connectivity index (χ3n) is 5.35. The van der Waals surface area contributed by atoms with Crippen LogP contribution in [0.25, 0.3) is 23.1 Å². The van der Waals surface area contributed by atoms with Gasteiger partial charge in [-0.2, -0.15) is 0 Å². The fourth-order valence-electron chi connectivity index (χ4n) is 3.67. The third kappa shape index (κ3) is 4.69. The van der Waals surface area contributed by atoms with Gasteiger partial charge >= 0.3 is 0 Å². The standard InChI is InChI=1S/C23H25ClN4O/c1-29-18-11-12-21-19(14-18)23(26-17-9-7-16(25)8-10-17)28-22(27-21)13-6-15-4-2-3-5-20(15)24/h2-6,11-14,16-17H,7-10,25H2,1H3,(H,26,27,28). The van der Waals surface area contributed by atoms with E-state index in [1.54, 1.807) is 7.11 Å². The molecule has 0 spiro atoms. The molecule has 150 valence electrons. The van der Waals surface area contributed by atoms with Crippen LogP contribution in [0.15, 0.2) is 42.5 Å². The Labute approximate surface area is 176 Å². The Hall–Kier alpha value is -2.63. The van der Waals surface area contributed by atoms with E-state index in [4.69, 9.17) is 32.0 Å². The molecule has 4 rings (SSSR count). The second kappa shape index (κ2) is 8.80. The average molecular weight is 409 g/mol. The second-order valence-electron chi connectivity index (χ2n) is 7.42. The van der Waals surface area contributed by atoms with Gasteiger partial charge in [-0.25, -0.2) is 9.97 Å². The Bertz CT molecular complexity index is 1030. The van der Waals surface area contributed by atoms with Crippen LogP contribution in [0.4, 0.5) is 5.82 Å². The molecule has 0 bridgehead atoms. The molecule has 0 saturated heterocycles. The molecular weight excluding hydrogens is 384 g/mol. The molecule has 3 N–H and O–H groups in total. The van der Waals surface area contributed by atoms with Crippen molar-refractivity contribution in [3.05, 3.63) is 58.9 Å². The van der Waals surface area contributed by atoms with Gasteiger partial charge in [0.15, 0.2) is 5.82 Å². The van der Waals surface area contributed by atoms with Gasteiger partial charge < -0.3 is 15.8 Å². The Morgan fingerprint density at radius 2 is 1.86 bits per heavy atom. The number of aromatic nitrogens is 2. The highest BCUT2D eigenvalue weighted by Crippen LogP contribution is 2.29. The molecule has 1 fully saturated rings. The van der Waals surface area contributed by atoms with E-state index in [0.29, 0.717) is 22.9 Å². The maximum Gasteiger partial charge on any atom is 0.154 e. The molecule has 0 atom stereocenters. The van der Waals surface area contributed by atoms with Gasteiger partial charge in [0.2, 0.25) is 0 Å². The molecule has 0 amide bonds. The zero-order valence-electron chi connectivity index (χ0n) is 16.4. The number of halogens is 1. The molecule has 29 heavy (non-hydrogen) atoms. The van der Waals surface area contributed by atoms with Crippen molar-refractivity contribution >= 4 is 40.5 Å². The van der Waals surface area contributed by atoms with Crippen LogP contribution in [-0.2, 0) is 0 Å².